The molecule has 3 N–H and O–H groups in total. The van der Waals surface area contributed by atoms with Gasteiger partial charge in [-0.05, 0) is 68.0 Å². The number of rotatable bonds is 6. The fourth-order valence-electron chi connectivity index (χ4n) is 3.40. The molecule has 0 spiro atoms. The number of carboxylic acid groups (broad SMARTS) is 2. The van der Waals surface area contributed by atoms with Gasteiger partial charge in [-0.1, -0.05) is 23.2 Å². The number of carboxylic acids is 2. The van der Waals surface area contributed by atoms with E-state index < -0.39 is 17.8 Å². The van der Waals surface area contributed by atoms with Gasteiger partial charge >= 0.3 is 11.9 Å². The Kier molecular flexibility index (Phi) is 7.11. The van der Waals surface area contributed by atoms with Gasteiger partial charge in [0.25, 0.3) is 5.91 Å². The standard InChI is InChI=1S/C24H17Cl2N3O5/c1-12-5-14(6-17(11-27)22(30)28-21-4-3-18(25)10-20(21)26)13(2)29(12)19-8-15(23(31)32)7-16(9-19)24(33)34/h3-10H,1-2H3,(H,28,30)(H,31,32)(H,33,34)/b17-6-. The maximum absolute atomic E-state index is 12.7. The van der Waals surface area contributed by atoms with Crippen molar-refractivity contribution in [3.05, 3.63) is 86.2 Å². The Hall–Kier alpha value is -4.06. The molecular weight excluding hydrogens is 481 g/mol. The highest BCUT2D eigenvalue weighted by atomic mass is 35.5. The van der Waals surface area contributed by atoms with Crippen LogP contribution in [0.15, 0.2) is 48.0 Å². The number of anilines is 1. The van der Waals surface area contributed by atoms with Gasteiger partial charge in [-0.25, -0.2) is 9.59 Å². The maximum atomic E-state index is 12.7. The number of carbonyl (C=O) groups is 3. The molecule has 0 saturated carbocycles. The van der Waals surface area contributed by atoms with Crippen LogP contribution in [0, 0.1) is 25.2 Å². The van der Waals surface area contributed by atoms with Crippen LogP contribution < -0.4 is 5.32 Å². The molecule has 2 aromatic carbocycles. The number of aromatic carboxylic acids is 2. The normalized spacial score (nSPS) is 11.1. The fraction of sp³-hybridized carbons (Fsp3) is 0.0833. The van der Waals surface area contributed by atoms with Crippen LogP contribution in [0.2, 0.25) is 10.0 Å². The van der Waals surface area contributed by atoms with Crippen LogP contribution >= 0.6 is 23.2 Å². The van der Waals surface area contributed by atoms with Crippen molar-refractivity contribution in [2.45, 2.75) is 13.8 Å². The Morgan fingerprint density at radius 1 is 1.00 bits per heavy atom. The number of hydrogen-bond donors (Lipinski definition) is 3. The van der Waals surface area contributed by atoms with Crippen LogP contribution in [0.1, 0.15) is 37.7 Å². The highest BCUT2D eigenvalue weighted by Gasteiger charge is 2.18. The van der Waals surface area contributed by atoms with Crippen LogP contribution in [0.5, 0.6) is 0 Å². The van der Waals surface area contributed by atoms with Crippen molar-refractivity contribution in [1.82, 2.24) is 4.57 Å². The Morgan fingerprint density at radius 2 is 1.62 bits per heavy atom. The SMILES string of the molecule is Cc1cc(/C=C(/C#N)C(=O)Nc2ccc(Cl)cc2Cl)c(C)n1-c1cc(C(=O)O)cc(C(=O)O)c1. The van der Waals surface area contributed by atoms with Crippen molar-refractivity contribution in [1.29, 1.82) is 5.26 Å². The number of carbonyl (C=O) groups excluding carboxylic acids is 1. The molecule has 34 heavy (non-hydrogen) atoms. The summed E-state index contributed by atoms with van der Waals surface area (Å²) in [5, 5.41) is 31.5. The molecule has 0 saturated heterocycles. The first-order valence-electron chi connectivity index (χ1n) is 9.71. The number of nitrogens with zero attached hydrogens (tertiary/aromatic N) is 2. The predicted octanol–water partition coefficient (Wildman–Crippen LogP) is 5.34. The summed E-state index contributed by atoms with van der Waals surface area (Å²) in [7, 11) is 0. The molecule has 1 amide bonds. The topological polar surface area (TPSA) is 132 Å². The summed E-state index contributed by atoms with van der Waals surface area (Å²) < 4.78 is 1.65. The largest absolute Gasteiger partial charge is 0.478 e. The highest BCUT2D eigenvalue weighted by molar-refractivity contribution is 6.37. The summed E-state index contributed by atoms with van der Waals surface area (Å²) in [6.45, 7) is 3.44. The molecule has 0 aliphatic heterocycles. The zero-order valence-corrected chi connectivity index (χ0v) is 19.4. The maximum Gasteiger partial charge on any atom is 0.335 e. The average Bonchev–Trinajstić information content (AvgIpc) is 3.06. The summed E-state index contributed by atoms with van der Waals surface area (Å²) >= 11 is 11.9. The molecule has 172 valence electrons. The molecule has 0 aliphatic rings. The molecule has 0 aliphatic carbocycles. The first-order valence-corrected chi connectivity index (χ1v) is 10.5. The van der Waals surface area contributed by atoms with E-state index in [0.29, 0.717) is 27.7 Å². The second-order valence-corrected chi connectivity index (χ2v) is 8.13. The molecule has 3 aromatic rings. The number of benzene rings is 2. The van der Waals surface area contributed by atoms with Crippen molar-refractivity contribution in [3.63, 3.8) is 0 Å². The second kappa shape index (κ2) is 9.83. The van der Waals surface area contributed by atoms with Gasteiger partial charge in [0.1, 0.15) is 11.6 Å². The van der Waals surface area contributed by atoms with Gasteiger partial charge in [-0.2, -0.15) is 5.26 Å². The molecule has 1 heterocycles. The third-order valence-electron chi connectivity index (χ3n) is 4.98. The van der Waals surface area contributed by atoms with E-state index in [1.807, 2.05) is 6.07 Å². The number of aryl methyl sites for hydroxylation is 1. The van der Waals surface area contributed by atoms with E-state index in [-0.39, 0.29) is 27.4 Å². The van der Waals surface area contributed by atoms with E-state index in [1.165, 1.54) is 30.3 Å². The zero-order valence-electron chi connectivity index (χ0n) is 17.9. The second-order valence-electron chi connectivity index (χ2n) is 7.29. The Balaban J connectivity index is 2.03. The minimum Gasteiger partial charge on any atom is -0.478 e. The van der Waals surface area contributed by atoms with Crippen LogP contribution in [-0.4, -0.2) is 32.6 Å². The third-order valence-corrected chi connectivity index (χ3v) is 5.53. The Labute approximate surface area is 204 Å². The van der Waals surface area contributed by atoms with Crippen LogP contribution in [0.4, 0.5) is 5.69 Å². The fourth-order valence-corrected chi connectivity index (χ4v) is 3.86. The van der Waals surface area contributed by atoms with Crippen LogP contribution in [-0.2, 0) is 4.79 Å². The smallest absolute Gasteiger partial charge is 0.335 e. The minimum atomic E-state index is -1.27. The summed E-state index contributed by atoms with van der Waals surface area (Å²) in [6, 6.07) is 11.8. The van der Waals surface area contributed by atoms with E-state index in [4.69, 9.17) is 23.2 Å². The zero-order chi connectivity index (χ0) is 25.2. The van der Waals surface area contributed by atoms with E-state index in [2.05, 4.69) is 5.32 Å². The molecule has 0 atom stereocenters. The summed E-state index contributed by atoms with van der Waals surface area (Å²) in [5.41, 5.74) is 1.77. The third kappa shape index (κ3) is 5.12. The van der Waals surface area contributed by atoms with Gasteiger partial charge in [0.05, 0.1) is 21.8 Å². The molecule has 10 heteroatoms. The number of nitrogens with one attached hydrogen (secondary N) is 1. The van der Waals surface area contributed by atoms with E-state index >= 15 is 0 Å². The van der Waals surface area contributed by atoms with E-state index in [9.17, 15) is 29.9 Å². The summed E-state index contributed by atoms with van der Waals surface area (Å²) in [5.74, 6) is -3.22. The first-order chi connectivity index (χ1) is 16.0. The molecule has 0 fully saturated rings. The van der Waals surface area contributed by atoms with Gasteiger partial charge in [0, 0.05) is 22.1 Å². The van der Waals surface area contributed by atoms with Crippen molar-refractivity contribution < 1.29 is 24.6 Å². The number of amides is 1. The van der Waals surface area contributed by atoms with Gasteiger partial charge in [-0.15, -0.1) is 0 Å². The highest BCUT2D eigenvalue weighted by Crippen LogP contribution is 2.27. The van der Waals surface area contributed by atoms with Crippen molar-refractivity contribution >= 4 is 52.8 Å². The lowest BCUT2D eigenvalue weighted by Gasteiger charge is -2.12. The van der Waals surface area contributed by atoms with Crippen molar-refractivity contribution in [2.24, 2.45) is 0 Å². The number of nitriles is 1. The number of aromatic nitrogens is 1. The lowest BCUT2D eigenvalue weighted by molar-refractivity contribution is -0.112. The Bertz CT molecular complexity index is 1380. The summed E-state index contributed by atoms with van der Waals surface area (Å²) in [6.07, 6.45) is 1.39. The lowest BCUT2D eigenvalue weighted by atomic mass is 10.1. The molecule has 0 bridgehead atoms. The van der Waals surface area contributed by atoms with Gasteiger partial charge in [0.15, 0.2) is 0 Å². The molecule has 3 rings (SSSR count). The average molecular weight is 498 g/mol. The predicted molar refractivity (Wildman–Crippen MR) is 128 cm³/mol. The molecule has 1 aromatic heterocycles. The van der Waals surface area contributed by atoms with Gasteiger partial charge in [0.2, 0.25) is 0 Å². The molecule has 8 nitrogen and oxygen atoms in total. The number of halogens is 2. The summed E-state index contributed by atoms with van der Waals surface area (Å²) in [4.78, 5) is 35.6. The van der Waals surface area contributed by atoms with Gasteiger partial charge < -0.3 is 20.1 Å². The first kappa shape index (κ1) is 24.6. The number of hydrogen-bond acceptors (Lipinski definition) is 4. The van der Waals surface area contributed by atoms with Gasteiger partial charge in [-0.3, -0.25) is 4.79 Å². The quantitative estimate of drug-likeness (QED) is 0.310. The molecule has 0 unspecified atom stereocenters. The van der Waals surface area contributed by atoms with Crippen molar-refractivity contribution in [3.8, 4) is 11.8 Å². The van der Waals surface area contributed by atoms with Crippen molar-refractivity contribution in [2.75, 3.05) is 5.32 Å². The molecular formula is C24H17Cl2N3O5. The van der Waals surface area contributed by atoms with Crippen LogP contribution in [0.25, 0.3) is 11.8 Å². The van der Waals surface area contributed by atoms with E-state index in [1.54, 1.807) is 30.5 Å². The minimum absolute atomic E-state index is 0.184. The van der Waals surface area contributed by atoms with Crippen LogP contribution in [0.3, 0.4) is 0 Å². The van der Waals surface area contributed by atoms with E-state index in [0.717, 1.165) is 6.07 Å². The lowest BCUT2D eigenvalue weighted by Crippen LogP contribution is -2.13. The molecule has 0 radical (unpaired) electrons. The Morgan fingerprint density at radius 3 is 2.15 bits per heavy atom. The monoisotopic (exact) mass is 497 g/mol.